The van der Waals surface area contributed by atoms with Crippen molar-refractivity contribution < 1.29 is 13.9 Å². The van der Waals surface area contributed by atoms with Crippen molar-refractivity contribution in [1.29, 1.82) is 0 Å². The molecule has 1 aromatic carbocycles. The van der Waals surface area contributed by atoms with Gasteiger partial charge in [-0.1, -0.05) is 0 Å². The van der Waals surface area contributed by atoms with E-state index in [1.54, 1.807) is 24.3 Å². The number of nitrogens with two attached hydrogens (primary N) is 1. The first kappa shape index (κ1) is 16.5. The summed E-state index contributed by atoms with van der Waals surface area (Å²) in [5.41, 5.74) is 5.88. The van der Waals surface area contributed by atoms with E-state index in [2.05, 4.69) is 10.6 Å². The zero-order valence-corrected chi connectivity index (χ0v) is 10.6. The van der Waals surface area contributed by atoms with Gasteiger partial charge < -0.3 is 21.1 Å². The molecule has 0 saturated carbocycles. The zero-order chi connectivity index (χ0) is 12.5. The van der Waals surface area contributed by atoms with Crippen LogP contribution < -0.4 is 21.1 Å². The van der Waals surface area contributed by atoms with Gasteiger partial charge in [-0.25, -0.2) is 9.18 Å². The van der Waals surface area contributed by atoms with Crippen LogP contribution in [0.25, 0.3) is 0 Å². The van der Waals surface area contributed by atoms with Gasteiger partial charge in [0.15, 0.2) is 0 Å². The molecular formula is C11H17ClFN3O2. The Morgan fingerprint density at radius 2 is 2.00 bits per heavy atom. The second kappa shape index (κ2) is 9.49. The second-order valence-electron chi connectivity index (χ2n) is 3.23. The van der Waals surface area contributed by atoms with Crippen molar-refractivity contribution in [3.63, 3.8) is 0 Å². The van der Waals surface area contributed by atoms with Gasteiger partial charge >= 0.3 is 6.03 Å². The largest absolute Gasteiger partial charge is 0.491 e. The second-order valence-corrected chi connectivity index (χ2v) is 3.23. The zero-order valence-electron chi connectivity index (χ0n) is 9.82. The maximum Gasteiger partial charge on any atom is 0.319 e. The van der Waals surface area contributed by atoms with Crippen LogP contribution in [-0.2, 0) is 0 Å². The fourth-order valence-corrected chi connectivity index (χ4v) is 1.15. The number of alkyl halides is 1. The molecule has 0 aliphatic rings. The smallest absolute Gasteiger partial charge is 0.319 e. The lowest BCUT2D eigenvalue weighted by molar-refractivity contribution is 0.252. The molecular weight excluding hydrogens is 261 g/mol. The number of hydrogen-bond acceptors (Lipinski definition) is 3. The maximum atomic E-state index is 11.8. The van der Waals surface area contributed by atoms with E-state index in [0.717, 1.165) is 0 Å². The Morgan fingerprint density at radius 3 is 2.56 bits per heavy atom. The molecule has 5 nitrogen and oxygen atoms in total. The monoisotopic (exact) mass is 277 g/mol. The SMILES string of the molecule is Cl.NCCNC(=O)Nc1ccc(OCCF)cc1. The fourth-order valence-electron chi connectivity index (χ4n) is 1.15. The minimum Gasteiger partial charge on any atom is -0.491 e. The number of anilines is 1. The highest BCUT2D eigenvalue weighted by Crippen LogP contribution is 2.15. The third-order valence-corrected chi connectivity index (χ3v) is 1.89. The summed E-state index contributed by atoms with van der Waals surface area (Å²) < 4.78 is 16.9. The third-order valence-electron chi connectivity index (χ3n) is 1.89. The first-order valence-corrected chi connectivity index (χ1v) is 5.30. The molecule has 1 rings (SSSR count). The normalized spacial score (nSPS) is 9.22. The minimum absolute atomic E-state index is 0. The highest BCUT2D eigenvalue weighted by atomic mass is 35.5. The lowest BCUT2D eigenvalue weighted by atomic mass is 10.3. The fraction of sp³-hybridized carbons (Fsp3) is 0.364. The quantitative estimate of drug-likeness (QED) is 0.738. The molecule has 18 heavy (non-hydrogen) atoms. The van der Waals surface area contributed by atoms with Crippen LogP contribution in [0.15, 0.2) is 24.3 Å². The average molecular weight is 278 g/mol. The number of nitrogens with one attached hydrogen (secondary N) is 2. The first-order chi connectivity index (χ1) is 8.26. The van der Waals surface area contributed by atoms with Crippen molar-refractivity contribution in [1.82, 2.24) is 5.32 Å². The Balaban J connectivity index is 0.00000289. The molecule has 0 aliphatic carbocycles. The minimum atomic E-state index is -0.526. The molecule has 102 valence electrons. The predicted octanol–water partition coefficient (Wildman–Crippen LogP) is 1.54. The highest BCUT2D eigenvalue weighted by molar-refractivity contribution is 5.89. The van der Waals surface area contributed by atoms with E-state index in [9.17, 15) is 9.18 Å². The summed E-state index contributed by atoms with van der Waals surface area (Å²) in [6, 6.07) is 6.36. The Bertz CT molecular complexity index is 349. The summed E-state index contributed by atoms with van der Waals surface area (Å²) in [6.07, 6.45) is 0. The molecule has 0 spiro atoms. The molecule has 0 saturated heterocycles. The van der Waals surface area contributed by atoms with Crippen molar-refractivity contribution in [3.8, 4) is 5.75 Å². The Labute approximate surface area is 111 Å². The summed E-state index contributed by atoms with van der Waals surface area (Å²) in [5, 5.41) is 5.20. The molecule has 0 aromatic heterocycles. The maximum absolute atomic E-state index is 11.8. The van der Waals surface area contributed by atoms with Crippen molar-refractivity contribution in [2.24, 2.45) is 5.73 Å². The molecule has 0 bridgehead atoms. The molecule has 1 aromatic rings. The van der Waals surface area contributed by atoms with E-state index in [-0.39, 0.29) is 25.0 Å². The van der Waals surface area contributed by atoms with Gasteiger partial charge in [0.05, 0.1) is 0 Å². The Kier molecular flexibility index (Phi) is 8.69. The number of hydrogen-bond donors (Lipinski definition) is 3. The number of halogens is 2. The van der Waals surface area contributed by atoms with Gasteiger partial charge in [0, 0.05) is 18.8 Å². The van der Waals surface area contributed by atoms with Gasteiger partial charge in [-0.15, -0.1) is 12.4 Å². The molecule has 7 heteroatoms. The van der Waals surface area contributed by atoms with Gasteiger partial charge in [0.1, 0.15) is 19.0 Å². The summed E-state index contributed by atoms with van der Waals surface area (Å²) in [5.74, 6) is 0.565. The van der Waals surface area contributed by atoms with Gasteiger partial charge in [-0.05, 0) is 24.3 Å². The molecule has 4 N–H and O–H groups in total. The van der Waals surface area contributed by atoms with E-state index < -0.39 is 6.67 Å². The molecule has 0 radical (unpaired) electrons. The van der Waals surface area contributed by atoms with Gasteiger partial charge in [-0.3, -0.25) is 0 Å². The van der Waals surface area contributed by atoms with Crippen LogP contribution in [0, 0.1) is 0 Å². The number of rotatable bonds is 6. The summed E-state index contributed by atoms with van der Waals surface area (Å²) in [7, 11) is 0. The first-order valence-electron chi connectivity index (χ1n) is 5.30. The molecule has 2 amide bonds. The van der Waals surface area contributed by atoms with Crippen molar-refractivity contribution in [2.75, 3.05) is 31.7 Å². The van der Waals surface area contributed by atoms with Crippen molar-refractivity contribution in [2.45, 2.75) is 0 Å². The van der Waals surface area contributed by atoms with Crippen LogP contribution in [0.5, 0.6) is 5.75 Å². The molecule has 0 heterocycles. The lowest BCUT2D eigenvalue weighted by Gasteiger charge is -2.08. The van der Waals surface area contributed by atoms with Crippen LogP contribution in [0.2, 0.25) is 0 Å². The summed E-state index contributed by atoms with van der Waals surface area (Å²) in [6.45, 7) is 0.318. The molecule has 0 atom stereocenters. The number of amides is 2. The number of carbonyl (C=O) groups is 1. The Hall–Kier alpha value is -1.53. The van der Waals surface area contributed by atoms with Crippen LogP contribution in [-0.4, -0.2) is 32.4 Å². The van der Waals surface area contributed by atoms with Gasteiger partial charge in [-0.2, -0.15) is 0 Å². The van der Waals surface area contributed by atoms with Gasteiger partial charge in [0.2, 0.25) is 0 Å². The predicted molar refractivity (Wildman–Crippen MR) is 71.2 cm³/mol. The highest BCUT2D eigenvalue weighted by Gasteiger charge is 2.00. The summed E-state index contributed by atoms with van der Waals surface area (Å²) >= 11 is 0. The molecule has 0 unspecified atom stereocenters. The van der Waals surface area contributed by atoms with E-state index in [4.69, 9.17) is 10.5 Å². The summed E-state index contributed by atoms with van der Waals surface area (Å²) in [4.78, 5) is 11.3. The standard InChI is InChI=1S/C11H16FN3O2.ClH/c12-5-8-17-10-3-1-9(2-4-10)15-11(16)14-7-6-13;/h1-4H,5-8,13H2,(H2,14,15,16);1H. The van der Waals surface area contributed by atoms with Crippen molar-refractivity contribution in [3.05, 3.63) is 24.3 Å². The lowest BCUT2D eigenvalue weighted by Crippen LogP contribution is -2.32. The number of carbonyl (C=O) groups excluding carboxylic acids is 1. The van der Waals surface area contributed by atoms with Gasteiger partial charge in [0.25, 0.3) is 0 Å². The van der Waals surface area contributed by atoms with Crippen LogP contribution in [0.4, 0.5) is 14.9 Å². The Morgan fingerprint density at radius 1 is 1.33 bits per heavy atom. The van der Waals surface area contributed by atoms with Crippen molar-refractivity contribution >= 4 is 24.1 Å². The number of benzene rings is 1. The van der Waals surface area contributed by atoms with E-state index >= 15 is 0 Å². The van der Waals surface area contributed by atoms with E-state index in [0.29, 0.717) is 24.5 Å². The van der Waals surface area contributed by atoms with E-state index in [1.807, 2.05) is 0 Å². The third kappa shape index (κ3) is 6.27. The van der Waals surface area contributed by atoms with Crippen LogP contribution in [0.3, 0.4) is 0 Å². The van der Waals surface area contributed by atoms with Crippen LogP contribution in [0.1, 0.15) is 0 Å². The molecule has 0 aliphatic heterocycles. The topological polar surface area (TPSA) is 76.4 Å². The number of urea groups is 1. The van der Waals surface area contributed by atoms with Crippen LogP contribution >= 0.6 is 12.4 Å². The average Bonchev–Trinajstić information content (AvgIpc) is 2.35. The molecule has 0 fully saturated rings. The van der Waals surface area contributed by atoms with E-state index in [1.165, 1.54) is 0 Å². The number of ether oxygens (including phenoxy) is 1.